The van der Waals surface area contributed by atoms with E-state index in [-0.39, 0.29) is 44.7 Å². The number of nitrogens with one attached hydrogen (secondary N) is 1. The molecule has 0 fully saturated rings. The molecule has 3 rings (SSSR count). The third-order valence-electron chi connectivity index (χ3n) is 6.09. The van der Waals surface area contributed by atoms with Crippen molar-refractivity contribution in [1.82, 2.24) is 10.2 Å². The summed E-state index contributed by atoms with van der Waals surface area (Å²) in [5.41, 5.74) is 1.37. The highest BCUT2D eigenvalue weighted by molar-refractivity contribution is 7.92. The zero-order chi connectivity index (χ0) is 30.3. The highest BCUT2D eigenvalue weighted by Crippen LogP contribution is 2.36. The fourth-order valence-electron chi connectivity index (χ4n) is 4.05. The molecule has 41 heavy (non-hydrogen) atoms. The van der Waals surface area contributed by atoms with E-state index in [4.69, 9.17) is 58.0 Å². The number of rotatable bonds is 12. The molecule has 1 atom stereocenters. The number of hydrogen-bond donors (Lipinski definition) is 1. The van der Waals surface area contributed by atoms with Gasteiger partial charge in [0.2, 0.25) is 21.8 Å². The van der Waals surface area contributed by atoms with Crippen molar-refractivity contribution in [1.29, 1.82) is 0 Å². The normalized spacial score (nSPS) is 12.1. The van der Waals surface area contributed by atoms with Gasteiger partial charge in [-0.2, -0.15) is 0 Å². The summed E-state index contributed by atoms with van der Waals surface area (Å²) in [6, 6.07) is 15.7. The number of hydrogen-bond acceptors (Lipinski definition) is 4. The van der Waals surface area contributed by atoms with Gasteiger partial charge in [0.25, 0.3) is 0 Å². The van der Waals surface area contributed by atoms with Crippen molar-refractivity contribution < 1.29 is 18.0 Å². The molecule has 0 saturated carbocycles. The van der Waals surface area contributed by atoms with E-state index in [0.717, 1.165) is 16.1 Å². The fourth-order valence-corrected chi connectivity index (χ4v) is 5.92. The Bertz CT molecular complexity index is 1510. The van der Waals surface area contributed by atoms with Crippen LogP contribution in [0.4, 0.5) is 5.69 Å². The predicted molar refractivity (Wildman–Crippen MR) is 168 cm³/mol. The lowest BCUT2D eigenvalue weighted by molar-refractivity contribution is -0.140. The Morgan fingerprint density at radius 2 is 1.46 bits per heavy atom. The Hall–Kier alpha value is -2.20. The first-order valence-corrected chi connectivity index (χ1v) is 16.2. The zero-order valence-electron chi connectivity index (χ0n) is 22.2. The summed E-state index contributed by atoms with van der Waals surface area (Å²) in [6.45, 7) is 1.59. The molecule has 7 nitrogen and oxygen atoms in total. The zero-order valence-corrected chi connectivity index (χ0v) is 26.8. The minimum Gasteiger partial charge on any atom is -0.354 e. The number of sulfonamides is 1. The quantitative estimate of drug-likeness (QED) is 0.212. The number of carbonyl (C=O) groups is 2. The van der Waals surface area contributed by atoms with Crippen LogP contribution in [0.1, 0.15) is 24.5 Å². The van der Waals surface area contributed by atoms with Gasteiger partial charge < -0.3 is 10.2 Å². The van der Waals surface area contributed by atoms with Crippen molar-refractivity contribution in [2.75, 3.05) is 23.7 Å². The topological polar surface area (TPSA) is 86.8 Å². The molecule has 220 valence electrons. The Morgan fingerprint density at radius 3 is 2.07 bits per heavy atom. The van der Waals surface area contributed by atoms with Gasteiger partial charge in [-0.25, -0.2) is 8.42 Å². The molecule has 0 radical (unpaired) electrons. The van der Waals surface area contributed by atoms with Crippen molar-refractivity contribution in [3.8, 4) is 0 Å². The number of benzene rings is 3. The molecule has 0 aliphatic carbocycles. The van der Waals surface area contributed by atoms with Crippen LogP contribution in [0.25, 0.3) is 0 Å². The van der Waals surface area contributed by atoms with Crippen molar-refractivity contribution >= 4 is 85.5 Å². The van der Waals surface area contributed by atoms with E-state index in [1.165, 1.54) is 17.0 Å². The second kappa shape index (κ2) is 14.8. The highest BCUT2D eigenvalue weighted by Gasteiger charge is 2.33. The van der Waals surface area contributed by atoms with Gasteiger partial charge in [0.15, 0.2) is 0 Å². The second-order valence-electron chi connectivity index (χ2n) is 9.25. The van der Waals surface area contributed by atoms with Crippen LogP contribution in [-0.2, 0) is 32.6 Å². The predicted octanol–water partition coefficient (Wildman–Crippen LogP) is 6.89. The van der Waals surface area contributed by atoms with Crippen molar-refractivity contribution in [3.63, 3.8) is 0 Å². The van der Waals surface area contributed by atoms with Crippen LogP contribution in [0.15, 0.2) is 60.7 Å². The second-order valence-corrected chi connectivity index (χ2v) is 13.2. The van der Waals surface area contributed by atoms with Crippen LogP contribution >= 0.6 is 58.0 Å². The smallest absolute Gasteiger partial charge is 0.244 e. The summed E-state index contributed by atoms with van der Waals surface area (Å²) in [5, 5.41) is 3.62. The summed E-state index contributed by atoms with van der Waals surface area (Å²) in [7, 11) is -4.04. The average molecular weight is 680 g/mol. The molecule has 0 saturated heterocycles. The number of halogens is 5. The Morgan fingerprint density at radius 1 is 0.829 bits per heavy atom. The highest BCUT2D eigenvalue weighted by atomic mass is 35.5. The summed E-state index contributed by atoms with van der Waals surface area (Å²) in [5.74, 6) is -1.04. The first-order chi connectivity index (χ1) is 19.3. The first-order valence-electron chi connectivity index (χ1n) is 12.5. The van der Waals surface area contributed by atoms with E-state index in [1.54, 1.807) is 18.2 Å². The largest absolute Gasteiger partial charge is 0.354 e. The Kier molecular flexibility index (Phi) is 12.0. The van der Waals surface area contributed by atoms with Gasteiger partial charge in [-0.05, 0) is 41.8 Å². The van der Waals surface area contributed by atoms with E-state index in [2.05, 4.69) is 5.32 Å². The third-order valence-corrected chi connectivity index (χ3v) is 8.99. The maximum Gasteiger partial charge on any atom is 0.244 e. The van der Waals surface area contributed by atoms with Crippen LogP contribution in [-0.4, -0.2) is 50.5 Å². The summed E-state index contributed by atoms with van der Waals surface area (Å²) in [6.07, 6.45) is 1.80. The molecule has 0 aliphatic rings. The van der Waals surface area contributed by atoms with Crippen molar-refractivity contribution in [3.05, 3.63) is 96.9 Å². The lowest BCUT2D eigenvalue weighted by atomic mass is 10.0. The summed E-state index contributed by atoms with van der Waals surface area (Å²) >= 11 is 30.9. The monoisotopic (exact) mass is 677 g/mol. The van der Waals surface area contributed by atoms with Gasteiger partial charge in [0, 0.05) is 19.5 Å². The van der Waals surface area contributed by atoms with E-state index < -0.39 is 28.5 Å². The lowest BCUT2D eigenvalue weighted by Gasteiger charge is -2.33. The van der Waals surface area contributed by atoms with Gasteiger partial charge >= 0.3 is 0 Å². The van der Waals surface area contributed by atoms with Crippen LogP contribution < -0.4 is 9.62 Å². The van der Waals surface area contributed by atoms with Crippen LogP contribution in [0, 0.1) is 0 Å². The Balaban J connectivity index is 2.10. The first kappa shape index (κ1) is 33.3. The number of carbonyl (C=O) groups excluding carboxylic acids is 2. The maximum atomic E-state index is 14.1. The van der Waals surface area contributed by atoms with Gasteiger partial charge in [-0.1, -0.05) is 101 Å². The van der Waals surface area contributed by atoms with Gasteiger partial charge in [-0.3, -0.25) is 13.9 Å². The molecular formula is C28H28Cl5N3O4S. The van der Waals surface area contributed by atoms with Gasteiger partial charge in [0.1, 0.15) is 12.6 Å². The van der Waals surface area contributed by atoms with Crippen molar-refractivity contribution in [2.45, 2.75) is 32.4 Å². The van der Waals surface area contributed by atoms with E-state index >= 15 is 0 Å². The minimum absolute atomic E-state index is 0.0183. The van der Waals surface area contributed by atoms with Gasteiger partial charge in [-0.15, -0.1) is 0 Å². The van der Waals surface area contributed by atoms with Crippen molar-refractivity contribution in [2.24, 2.45) is 0 Å². The standard InChI is InChI=1S/C28H28Cl5N3O4S/c1-3-11-34-28(38)26(13-18-7-5-4-6-8-18)35(16-19-9-10-20(29)21(30)12-19)27(37)17-36(41(2,39)40)25-15-23(32)22(31)14-24(25)33/h4-10,12,14-15,26H,3,11,13,16-17H2,1-2H3,(H,34,38)/t26-/m0/s1. The summed E-state index contributed by atoms with van der Waals surface area (Å²) < 4.78 is 26.7. The Labute approximate surface area is 265 Å². The van der Waals surface area contributed by atoms with E-state index in [9.17, 15) is 18.0 Å². The lowest BCUT2D eigenvalue weighted by Crippen LogP contribution is -2.53. The minimum atomic E-state index is -4.04. The van der Waals surface area contributed by atoms with Crippen LogP contribution in [0.2, 0.25) is 25.1 Å². The molecule has 0 aliphatic heterocycles. The van der Waals surface area contributed by atoms with E-state index in [0.29, 0.717) is 23.6 Å². The molecule has 0 aromatic heterocycles. The number of anilines is 1. The van der Waals surface area contributed by atoms with Gasteiger partial charge in [0.05, 0.1) is 37.1 Å². The van der Waals surface area contributed by atoms with Crippen LogP contribution in [0.3, 0.4) is 0 Å². The molecule has 3 aromatic rings. The molecule has 2 amide bonds. The summed E-state index contributed by atoms with van der Waals surface area (Å²) in [4.78, 5) is 28.9. The molecule has 0 bridgehead atoms. The van der Waals surface area contributed by atoms with Crippen LogP contribution in [0.5, 0.6) is 0 Å². The fraction of sp³-hybridized carbons (Fsp3) is 0.286. The molecular weight excluding hydrogens is 652 g/mol. The molecule has 1 N–H and O–H groups in total. The number of nitrogens with zero attached hydrogens (tertiary/aromatic N) is 2. The maximum absolute atomic E-state index is 14.1. The van der Waals surface area contributed by atoms with E-state index in [1.807, 2.05) is 37.3 Å². The SMILES string of the molecule is CCCNC(=O)[C@H](Cc1ccccc1)N(Cc1ccc(Cl)c(Cl)c1)C(=O)CN(c1cc(Cl)c(Cl)cc1Cl)S(C)(=O)=O. The molecule has 0 unspecified atom stereocenters. The number of amides is 2. The molecule has 0 heterocycles. The molecule has 0 spiro atoms. The molecule has 13 heteroatoms. The molecule has 3 aromatic carbocycles. The average Bonchev–Trinajstić information content (AvgIpc) is 2.92. The third kappa shape index (κ3) is 9.14.